The number of nitriles is 1. The lowest BCUT2D eigenvalue weighted by Crippen LogP contribution is -1.95. The van der Waals surface area contributed by atoms with E-state index in [1.165, 1.54) is 11.5 Å². The van der Waals surface area contributed by atoms with Crippen LogP contribution < -0.4 is 0 Å². The monoisotopic (exact) mass is 231 g/mol. The van der Waals surface area contributed by atoms with Gasteiger partial charge in [-0.1, -0.05) is 15.9 Å². The first-order valence-corrected chi connectivity index (χ1v) is 4.93. The minimum Gasteiger partial charge on any atom is -0.223 e. The third-order valence-corrected chi connectivity index (χ3v) is 2.72. The largest absolute Gasteiger partial charge is 0.223 e. The Labute approximate surface area is 77.4 Å². The number of aryl methyl sites for hydroxylation is 1. The molecule has 1 rings (SSSR count). The van der Waals surface area contributed by atoms with Crippen LogP contribution in [-0.2, 0) is 0 Å². The molecule has 0 aliphatic carbocycles. The van der Waals surface area contributed by atoms with Gasteiger partial charge in [0.1, 0.15) is 16.7 Å². The molecule has 0 fully saturated rings. The number of alkyl halides is 1. The van der Waals surface area contributed by atoms with Gasteiger partial charge in [-0.2, -0.15) is 9.64 Å². The highest BCUT2D eigenvalue weighted by Crippen LogP contribution is 2.18. The average molecular weight is 232 g/mol. The lowest BCUT2D eigenvalue weighted by atomic mass is 10.2. The molecule has 0 aromatic carbocycles. The maximum atomic E-state index is 8.65. The summed E-state index contributed by atoms with van der Waals surface area (Å²) >= 11 is 4.53. The van der Waals surface area contributed by atoms with Gasteiger partial charge < -0.3 is 0 Å². The summed E-state index contributed by atoms with van der Waals surface area (Å²) < 4.78 is 3.99. The van der Waals surface area contributed by atoms with E-state index in [1.807, 2.05) is 6.92 Å². The van der Waals surface area contributed by atoms with Gasteiger partial charge in [-0.05, 0) is 18.5 Å². The number of nitrogens with zero attached hydrogens (tertiary/aromatic N) is 3. The second-order valence-corrected chi connectivity index (χ2v) is 3.45. The van der Waals surface area contributed by atoms with E-state index in [0.717, 1.165) is 10.8 Å². The highest BCUT2D eigenvalue weighted by molar-refractivity contribution is 9.09. The van der Waals surface area contributed by atoms with Crippen LogP contribution in [-0.4, -0.2) is 14.7 Å². The van der Waals surface area contributed by atoms with Crippen molar-refractivity contribution in [3.8, 4) is 6.07 Å². The van der Waals surface area contributed by atoms with Crippen LogP contribution in [0.5, 0.6) is 0 Å². The van der Waals surface area contributed by atoms with Crippen molar-refractivity contribution in [3.05, 3.63) is 10.8 Å². The lowest BCUT2D eigenvalue weighted by Gasteiger charge is -1.95. The Hall–Kier alpha value is -0.470. The van der Waals surface area contributed by atoms with E-state index in [-0.39, 0.29) is 5.92 Å². The maximum Gasteiger partial charge on any atom is 0.139 e. The predicted molar refractivity (Wildman–Crippen MR) is 46.8 cm³/mol. The molecule has 0 radical (unpaired) electrons. The summed E-state index contributed by atoms with van der Waals surface area (Å²) in [7, 11) is 0. The summed E-state index contributed by atoms with van der Waals surface area (Å²) in [5.74, 6) is 0.590. The van der Waals surface area contributed by atoms with Crippen LogP contribution in [0.3, 0.4) is 0 Å². The van der Waals surface area contributed by atoms with Crippen molar-refractivity contribution in [2.45, 2.75) is 12.8 Å². The van der Waals surface area contributed by atoms with Crippen LogP contribution in [0.4, 0.5) is 0 Å². The van der Waals surface area contributed by atoms with Gasteiger partial charge in [-0.15, -0.1) is 0 Å². The van der Waals surface area contributed by atoms with Gasteiger partial charge in [-0.25, -0.2) is 4.98 Å². The van der Waals surface area contributed by atoms with Crippen molar-refractivity contribution in [2.75, 3.05) is 5.33 Å². The summed E-state index contributed by atoms with van der Waals surface area (Å²) in [5, 5.41) is 10.1. The maximum absolute atomic E-state index is 8.65. The zero-order valence-electron chi connectivity index (χ0n) is 5.91. The van der Waals surface area contributed by atoms with Crippen LogP contribution >= 0.6 is 27.5 Å². The van der Waals surface area contributed by atoms with E-state index in [2.05, 4.69) is 31.4 Å². The number of halogens is 1. The van der Waals surface area contributed by atoms with Crippen molar-refractivity contribution in [1.29, 1.82) is 5.26 Å². The van der Waals surface area contributed by atoms with Gasteiger partial charge in [0.25, 0.3) is 0 Å². The van der Waals surface area contributed by atoms with Gasteiger partial charge in [0.15, 0.2) is 0 Å². The first kappa shape index (κ1) is 8.62. The second kappa shape index (κ2) is 3.79. The first-order chi connectivity index (χ1) is 5.27. The predicted octanol–water partition coefficient (Wildman–Crippen LogP) is 1.85. The Bertz CT molecular complexity index is 278. The molecule has 0 bridgehead atoms. The molecule has 0 saturated heterocycles. The molecule has 1 aromatic rings. The molecule has 3 nitrogen and oxygen atoms in total. The van der Waals surface area contributed by atoms with E-state index in [0.29, 0.717) is 5.33 Å². The molecule has 0 N–H and O–H groups in total. The van der Waals surface area contributed by atoms with E-state index in [9.17, 15) is 0 Å². The topological polar surface area (TPSA) is 49.6 Å². The van der Waals surface area contributed by atoms with Gasteiger partial charge in [0.05, 0.1) is 6.07 Å². The van der Waals surface area contributed by atoms with Crippen LogP contribution in [0.25, 0.3) is 0 Å². The van der Waals surface area contributed by atoms with Crippen LogP contribution in [0.15, 0.2) is 0 Å². The Morgan fingerprint density at radius 3 is 2.91 bits per heavy atom. The van der Waals surface area contributed by atoms with Crippen LogP contribution in [0.1, 0.15) is 16.7 Å². The number of aromatic nitrogens is 2. The molecular weight excluding hydrogens is 226 g/mol. The van der Waals surface area contributed by atoms with Crippen molar-refractivity contribution in [1.82, 2.24) is 9.36 Å². The van der Waals surface area contributed by atoms with Crippen LogP contribution in [0.2, 0.25) is 0 Å². The standard InChI is InChI=1S/C6H6BrN3S/c1-4-9-6(11-10-4)5(2-7)3-8/h5H,2H2,1H3. The van der Waals surface area contributed by atoms with Gasteiger partial charge >= 0.3 is 0 Å². The molecule has 5 heteroatoms. The lowest BCUT2D eigenvalue weighted by molar-refractivity contribution is 0.961. The van der Waals surface area contributed by atoms with Crippen molar-refractivity contribution in [2.24, 2.45) is 0 Å². The molecule has 0 saturated carbocycles. The fourth-order valence-corrected chi connectivity index (χ4v) is 1.98. The van der Waals surface area contributed by atoms with Crippen molar-refractivity contribution in [3.63, 3.8) is 0 Å². The minimum absolute atomic E-state index is 0.152. The smallest absolute Gasteiger partial charge is 0.139 e. The Balaban J connectivity index is 2.84. The zero-order valence-corrected chi connectivity index (χ0v) is 8.31. The molecule has 1 heterocycles. The molecule has 11 heavy (non-hydrogen) atoms. The Kier molecular flexibility index (Phi) is 2.97. The molecule has 0 aliphatic rings. The van der Waals surface area contributed by atoms with Crippen LogP contribution in [0, 0.1) is 18.3 Å². The Morgan fingerprint density at radius 2 is 2.55 bits per heavy atom. The van der Waals surface area contributed by atoms with Gasteiger partial charge in [0.2, 0.25) is 0 Å². The molecule has 1 aromatic heterocycles. The number of hydrogen-bond donors (Lipinski definition) is 0. The Morgan fingerprint density at radius 1 is 1.82 bits per heavy atom. The normalized spacial score (nSPS) is 12.5. The molecule has 0 aliphatic heterocycles. The minimum atomic E-state index is -0.152. The summed E-state index contributed by atoms with van der Waals surface area (Å²) in [6.45, 7) is 1.82. The fourth-order valence-electron chi connectivity index (χ4n) is 0.610. The summed E-state index contributed by atoms with van der Waals surface area (Å²) in [6, 6.07) is 2.14. The number of hydrogen-bond acceptors (Lipinski definition) is 4. The zero-order chi connectivity index (χ0) is 8.27. The molecule has 58 valence electrons. The third kappa shape index (κ3) is 1.98. The molecule has 1 atom stereocenters. The second-order valence-electron chi connectivity index (χ2n) is 2.02. The highest BCUT2D eigenvalue weighted by atomic mass is 79.9. The fraction of sp³-hybridized carbons (Fsp3) is 0.500. The SMILES string of the molecule is Cc1nsc(C(C#N)CBr)n1. The third-order valence-electron chi connectivity index (χ3n) is 1.15. The quantitative estimate of drug-likeness (QED) is 0.731. The van der Waals surface area contributed by atoms with Gasteiger partial charge in [-0.3, -0.25) is 0 Å². The van der Waals surface area contributed by atoms with E-state index < -0.39 is 0 Å². The summed E-state index contributed by atoms with van der Waals surface area (Å²) in [4.78, 5) is 4.11. The van der Waals surface area contributed by atoms with E-state index in [4.69, 9.17) is 5.26 Å². The van der Waals surface area contributed by atoms with Crippen molar-refractivity contribution >= 4 is 27.5 Å². The summed E-state index contributed by atoms with van der Waals surface area (Å²) in [5.41, 5.74) is 0. The molecule has 1 unspecified atom stereocenters. The van der Waals surface area contributed by atoms with E-state index in [1.54, 1.807) is 0 Å². The van der Waals surface area contributed by atoms with Gasteiger partial charge in [0, 0.05) is 5.33 Å². The molecule has 0 spiro atoms. The number of rotatable bonds is 2. The first-order valence-electron chi connectivity index (χ1n) is 3.03. The average Bonchev–Trinajstić information content (AvgIpc) is 2.39. The highest BCUT2D eigenvalue weighted by Gasteiger charge is 2.12. The van der Waals surface area contributed by atoms with Crippen molar-refractivity contribution < 1.29 is 0 Å². The summed E-state index contributed by atoms with van der Waals surface area (Å²) in [6.07, 6.45) is 0. The molecule has 0 amide bonds. The molecular formula is C6H6BrN3S. The van der Waals surface area contributed by atoms with E-state index >= 15 is 0 Å².